The number of aliphatic hydroxyl groups is 1. The Morgan fingerprint density at radius 1 is 1.09 bits per heavy atom. The van der Waals surface area contributed by atoms with Crippen molar-refractivity contribution in [1.29, 1.82) is 0 Å². The lowest BCUT2D eigenvalue weighted by atomic mass is 9.99. The Morgan fingerprint density at radius 2 is 1.73 bits per heavy atom. The third kappa shape index (κ3) is 6.36. The van der Waals surface area contributed by atoms with Gasteiger partial charge in [-0.05, 0) is 25.2 Å². The summed E-state index contributed by atoms with van der Waals surface area (Å²) < 4.78 is 0. The van der Waals surface area contributed by atoms with Gasteiger partial charge in [0.25, 0.3) is 0 Å². The SMILES string of the molecule is CCCC(O)CCC(C)CC. The van der Waals surface area contributed by atoms with Gasteiger partial charge in [-0.25, -0.2) is 0 Å². The lowest BCUT2D eigenvalue weighted by Gasteiger charge is -2.12. The average Bonchev–Trinajstić information content (AvgIpc) is 2.01. The minimum atomic E-state index is -0.0472. The molecule has 0 saturated carbocycles. The molecular formula is C10H22O. The molecule has 11 heavy (non-hydrogen) atoms. The summed E-state index contributed by atoms with van der Waals surface area (Å²) in [6, 6.07) is 0. The van der Waals surface area contributed by atoms with Crippen LogP contribution in [0.5, 0.6) is 0 Å². The summed E-state index contributed by atoms with van der Waals surface area (Å²) in [6.07, 6.45) is 5.42. The minimum absolute atomic E-state index is 0.0472. The average molecular weight is 158 g/mol. The molecule has 0 aliphatic heterocycles. The molecule has 0 amide bonds. The zero-order valence-corrected chi connectivity index (χ0v) is 8.14. The second-order valence-corrected chi connectivity index (χ2v) is 3.53. The maximum atomic E-state index is 9.39. The molecule has 0 aromatic heterocycles. The van der Waals surface area contributed by atoms with Crippen LogP contribution in [0.2, 0.25) is 0 Å². The van der Waals surface area contributed by atoms with E-state index in [0.717, 1.165) is 25.2 Å². The molecule has 0 aromatic rings. The smallest absolute Gasteiger partial charge is 0.0540 e. The highest BCUT2D eigenvalue weighted by atomic mass is 16.3. The molecule has 0 radical (unpaired) electrons. The number of rotatable bonds is 6. The van der Waals surface area contributed by atoms with Crippen molar-refractivity contribution in [3.8, 4) is 0 Å². The third-order valence-electron chi connectivity index (χ3n) is 2.31. The van der Waals surface area contributed by atoms with Gasteiger partial charge >= 0.3 is 0 Å². The van der Waals surface area contributed by atoms with Crippen LogP contribution in [-0.4, -0.2) is 11.2 Å². The molecular weight excluding hydrogens is 136 g/mol. The van der Waals surface area contributed by atoms with Crippen LogP contribution in [0.15, 0.2) is 0 Å². The summed E-state index contributed by atoms with van der Waals surface area (Å²) in [5.41, 5.74) is 0. The summed E-state index contributed by atoms with van der Waals surface area (Å²) in [5.74, 6) is 0.779. The Morgan fingerprint density at radius 3 is 2.18 bits per heavy atom. The Bertz CT molecular complexity index is 80.9. The van der Waals surface area contributed by atoms with Crippen molar-refractivity contribution in [3.05, 3.63) is 0 Å². The molecule has 0 spiro atoms. The fourth-order valence-corrected chi connectivity index (χ4v) is 1.16. The van der Waals surface area contributed by atoms with E-state index in [1.54, 1.807) is 0 Å². The Hall–Kier alpha value is -0.0400. The second kappa shape index (κ2) is 6.66. The van der Waals surface area contributed by atoms with Gasteiger partial charge in [0, 0.05) is 0 Å². The van der Waals surface area contributed by atoms with E-state index < -0.39 is 0 Å². The maximum Gasteiger partial charge on any atom is 0.0540 e. The van der Waals surface area contributed by atoms with E-state index in [9.17, 15) is 5.11 Å². The van der Waals surface area contributed by atoms with E-state index in [0.29, 0.717) is 0 Å². The van der Waals surface area contributed by atoms with Gasteiger partial charge in [-0.3, -0.25) is 0 Å². The van der Waals surface area contributed by atoms with Gasteiger partial charge < -0.3 is 5.11 Å². The van der Waals surface area contributed by atoms with Crippen molar-refractivity contribution < 1.29 is 5.11 Å². The van der Waals surface area contributed by atoms with Crippen molar-refractivity contribution in [2.45, 2.75) is 59.0 Å². The molecule has 1 nitrogen and oxygen atoms in total. The molecule has 2 atom stereocenters. The fraction of sp³-hybridized carbons (Fsp3) is 1.00. The van der Waals surface area contributed by atoms with E-state index in [1.165, 1.54) is 12.8 Å². The molecule has 0 bridgehead atoms. The van der Waals surface area contributed by atoms with E-state index in [1.807, 2.05) is 0 Å². The van der Waals surface area contributed by atoms with Crippen LogP contribution >= 0.6 is 0 Å². The van der Waals surface area contributed by atoms with Crippen molar-refractivity contribution in [2.24, 2.45) is 5.92 Å². The molecule has 1 heteroatoms. The quantitative estimate of drug-likeness (QED) is 0.630. The highest BCUT2D eigenvalue weighted by Gasteiger charge is 2.04. The van der Waals surface area contributed by atoms with E-state index in [-0.39, 0.29) is 6.10 Å². The summed E-state index contributed by atoms with van der Waals surface area (Å²) in [4.78, 5) is 0. The standard InChI is InChI=1S/C10H22O/c1-4-6-10(11)8-7-9(3)5-2/h9-11H,4-8H2,1-3H3. The van der Waals surface area contributed by atoms with Gasteiger partial charge in [0.05, 0.1) is 6.10 Å². The number of hydrogen-bond donors (Lipinski definition) is 1. The molecule has 1 N–H and O–H groups in total. The first-order valence-corrected chi connectivity index (χ1v) is 4.88. The fourth-order valence-electron chi connectivity index (χ4n) is 1.16. The van der Waals surface area contributed by atoms with Crippen LogP contribution in [0.1, 0.15) is 52.9 Å². The van der Waals surface area contributed by atoms with Crippen LogP contribution in [0.4, 0.5) is 0 Å². The molecule has 0 fully saturated rings. The molecule has 0 heterocycles. The van der Waals surface area contributed by atoms with Crippen LogP contribution in [0.25, 0.3) is 0 Å². The largest absolute Gasteiger partial charge is 0.393 e. The Kier molecular flexibility index (Phi) is 6.63. The first-order valence-electron chi connectivity index (χ1n) is 4.88. The predicted octanol–water partition coefficient (Wildman–Crippen LogP) is 2.97. The molecule has 0 saturated heterocycles. The maximum absolute atomic E-state index is 9.39. The predicted molar refractivity (Wildman–Crippen MR) is 49.6 cm³/mol. The Labute approximate surface area is 70.8 Å². The molecule has 0 aromatic carbocycles. The monoisotopic (exact) mass is 158 g/mol. The summed E-state index contributed by atoms with van der Waals surface area (Å²) in [5, 5.41) is 9.39. The first-order chi connectivity index (χ1) is 5.20. The molecule has 2 unspecified atom stereocenters. The summed E-state index contributed by atoms with van der Waals surface area (Å²) in [7, 11) is 0. The van der Waals surface area contributed by atoms with E-state index in [2.05, 4.69) is 20.8 Å². The van der Waals surface area contributed by atoms with Gasteiger partial charge in [-0.1, -0.05) is 33.6 Å². The highest BCUT2D eigenvalue weighted by molar-refractivity contribution is 4.57. The normalized spacial score (nSPS) is 16.4. The minimum Gasteiger partial charge on any atom is -0.393 e. The number of hydrogen-bond acceptors (Lipinski definition) is 1. The second-order valence-electron chi connectivity index (χ2n) is 3.53. The Balaban J connectivity index is 3.22. The molecule has 0 aliphatic carbocycles. The molecule has 68 valence electrons. The van der Waals surface area contributed by atoms with E-state index in [4.69, 9.17) is 0 Å². The zero-order valence-electron chi connectivity index (χ0n) is 8.14. The third-order valence-corrected chi connectivity index (χ3v) is 2.31. The first kappa shape index (κ1) is 11.0. The van der Waals surface area contributed by atoms with Crippen molar-refractivity contribution in [2.75, 3.05) is 0 Å². The molecule has 0 aliphatic rings. The van der Waals surface area contributed by atoms with Gasteiger partial charge in [0.15, 0.2) is 0 Å². The van der Waals surface area contributed by atoms with Gasteiger partial charge in [0.2, 0.25) is 0 Å². The highest BCUT2D eigenvalue weighted by Crippen LogP contribution is 2.13. The summed E-state index contributed by atoms with van der Waals surface area (Å²) >= 11 is 0. The lowest BCUT2D eigenvalue weighted by molar-refractivity contribution is 0.145. The molecule has 0 rings (SSSR count). The van der Waals surface area contributed by atoms with Gasteiger partial charge in [-0.15, -0.1) is 0 Å². The van der Waals surface area contributed by atoms with Crippen LogP contribution in [0.3, 0.4) is 0 Å². The van der Waals surface area contributed by atoms with Gasteiger partial charge in [0.1, 0.15) is 0 Å². The van der Waals surface area contributed by atoms with E-state index >= 15 is 0 Å². The van der Waals surface area contributed by atoms with Crippen molar-refractivity contribution in [1.82, 2.24) is 0 Å². The van der Waals surface area contributed by atoms with Crippen molar-refractivity contribution in [3.63, 3.8) is 0 Å². The van der Waals surface area contributed by atoms with Crippen molar-refractivity contribution >= 4 is 0 Å². The van der Waals surface area contributed by atoms with Gasteiger partial charge in [-0.2, -0.15) is 0 Å². The van der Waals surface area contributed by atoms with Crippen LogP contribution < -0.4 is 0 Å². The van der Waals surface area contributed by atoms with Crippen LogP contribution in [-0.2, 0) is 0 Å². The number of aliphatic hydroxyl groups excluding tert-OH is 1. The lowest BCUT2D eigenvalue weighted by Crippen LogP contribution is -2.07. The topological polar surface area (TPSA) is 20.2 Å². The zero-order chi connectivity index (χ0) is 8.69. The van der Waals surface area contributed by atoms with Crippen LogP contribution in [0, 0.1) is 5.92 Å². The summed E-state index contributed by atoms with van der Waals surface area (Å²) in [6.45, 7) is 6.57.